The standard InChI is InChI=1S/C17H21N3O3S2/c1-11(2)18-15(21)8-13-9-24-17(20-13)25-10-16(22)19-12-5-4-6-14(7-12)23-3/h4-7,9,11H,8,10H2,1-3H3,(H,18,21)(H,19,22). The zero-order valence-electron chi connectivity index (χ0n) is 14.4. The van der Waals surface area contributed by atoms with Crippen molar-refractivity contribution in [2.75, 3.05) is 18.2 Å². The van der Waals surface area contributed by atoms with Crippen molar-refractivity contribution in [2.45, 2.75) is 30.6 Å². The van der Waals surface area contributed by atoms with Gasteiger partial charge in [-0.05, 0) is 26.0 Å². The predicted octanol–water partition coefficient (Wildman–Crippen LogP) is 2.95. The van der Waals surface area contributed by atoms with Crippen LogP contribution in [0.15, 0.2) is 34.0 Å². The van der Waals surface area contributed by atoms with Gasteiger partial charge in [0.15, 0.2) is 4.34 Å². The molecule has 0 radical (unpaired) electrons. The Bertz CT molecular complexity index is 731. The van der Waals surface area contributed by atoms with Crippen LogP contribution in [0.2, 0.25) is 0 Å². The Hall–Kier alpha value is -2.06. The van der Waals surface area contributed by atoms with Crippen molar-refractivity contribution in [3.63, 3.8) is 0 Å². The molecule has 2 N–H and O–H groups in total. The average Bonchev–Trinajstić information content (AvgIpc) is 2.99. The number of amides is 2. The second kappa shape index (κ2) is 9.43. The minimum absolute atomic E-state index is 0.0485. The molecule has 25 heavy (non-hydrogen) atoms. The number of carbonyl (C=O) groups is 2. The summed E-state index contributed by atoms with van der Waals surface area (Å²) in [5.41, 5.74) is 1.41. The Kier molecular flexibility index (Phi) is 7.27. The molecule has 0 saturated heterocycles. The van der Waals surface area contributed by atoms with E-state index in [-0.39, 0.29) is 30.0 Å². The summed E-state index contributed by atoms with van der Waals surface area (Å²) in [5.74, 6) is 0.775. The Balaban J connectivity index is 1.81. The lowest BCUT2D eigenvalue weighted by molar-refractivity contribution is -0.121. The van der Waals surface area contributed by atoms with Crippen molar-refractivity contribution in [1.82, 2.24) is 10.3 Å². The minimum Gasteiger partial charge on any atom is -0.497 e. The molecule has 2 amide bonds. The Morgan fingerprint density at radius 1 is 1.32 bits per heavy atom. The third kappa shape index (κ3) is 6.75. The van der Waals surface area contributed by atoms with Crippen molar-refractivity contribution in [3.05, 3.63) is 35.3 Å². The third-order valence-corrected chi connectivity index (χ3v) is 5.07. The van der Waals surface area contributed by atoms with Crippen molar-refractivity contribution in [2.24, 2.45) is 0 Å². The molecule has 1 aromatic heterocycles. The maximum Gasteiger partial charge on any atom is 0.234 e. The second-order valence-corrected chi connectivity index (χ2v) is 7.65. The topological polar surface area (TPSA) is 80.3 Å². The van der Waals surface area contributed by atoms with Gasteiger partial charge in [-0.2, -0.15) is 0 Å². The van der Waals surface area contributed by atoms with Gasteiger partial charge in [0.1, 0.15) is 5.75 Å². The highest BCUT2D eigenvalue weighted by Gasteiger charge is 2.11. The molecule has 0 bridgehead atoms. The number of hydrogen-bond donors (Lipinski definition) is 2. The van der Waals surface area contributed by atoms with E-state index in [0.29, 0.717) is 11.4 Å². The molecule has 0 aliphatic carbocycles. The van der Waals surface area contributed by atoms with E-state index in [2.05, 4.69) is 15.6 Å². The molecule has 0 aliphatic rings. The summed E-state index contributed by atoms with van der Waals surface area (Å²) >= 11 is 2.79. The Morgan fingerprint density at radius 2 is 2.12 bits per heavy atom. The zero-order chi connectivity index (χ0) is 18.2. The number of anilines is 1. The van der Waals surface area contributed by atoms with E-state index >= 15 is 0 Å². The predicted molar refractivity (Wildman–Crippen MR) is 101 cm³/mol. The number of methoxy groups -OCH3 is 1. The molecule has 6 nitrogen and oxygen atoms in total. The number of carbonyl (C=O) groups excluding carboxylic acids is 2. The smallest absolute Gasteiger partial charge is 0.234 e. The van der Waals surface area contributed by atoms with Crippen LogP contribution in [0, 0.1) is 0 Å². The summed E-state index contributed by atoms with van der Waals surface area (Å²) in [5, 5.41) is 7.50. The van der Waals surface area contributed by atoms with E-state index in [4.69, 9.17) is 4.74 Å². The van der Waals surface area contributed by atoms with Crippen molar-refractivity contribution in [1.29, 1.82) is 0 Å². The van der Waals surface area contributed by atoms with Gasteiger partial charge in [-0.25, -0.2) is 4.98 Å². The molecule has 2 rings (SSSR count). The fraction of sp³-hybridized carbons (Fsp3) is 0.353. The number of aromatic nitrogens is 1. The molecule has 1 aromatic carbocycles. The average molecular weight is 380 g/mol. The third-order valence-electron chi connectivity index (χ3n) is 3.00. The highest BCUT2D eigenvalue weighted by molar-refractivity contribution is 8.01. The molecule has 0 atom stereocenters. The van der Waals surface area contributed by atoms with Crippen molar-refractivity contribution >= 4 is 40.6 Å². The first kappa shape index (κ1) is 19.3. The maximum absolute atomic E-state index is 12.0. The van der Waals surface area contributed by atoms with E-state index in [1.54, 1.807) is 19.2 Å². The van der Waals surface area contributed by atoms with Gasteiger partial charge in [0.05, 0.1) is 25.0 Å². The van der Waals surface area contributed by atoms with E-state index in [1.165, 1.54) is 23.1 Å². The lowest BCUT2D eigenvalue weighted by atomic mass is 10.3. The van der Waals surface area contributed by atoms with Gasteiger partial charge in [-0.1, -0.05) is 17.8 Å². The normalized spacial score (nSPS) is 10.6. The SMILES string of the molecule is COc1cccc(NC(=O)CSc2nc(CC(=O)NC(C)C)cs2)c1. The summed E-state index contributed by atoms with van der Waals surface area (Å²) in [4.78, 5) is 28.1. The number of nitrogens with zero attached hydrogens (tertiary/aromatic N) is 1. The molecule has 0 unspecified atom stereocenters. The molecule has 0 fully saturated rings. The Labute approximate surface area is 155 Å². The minimum atomic E-state index is -0.118. The fourth-order valence-corrected chi connectivity index (χ4v) is 3.64. The molecule has 134 valence electrons. The monoisotopic (exact) mass is 379 g/mol. The van der Waals surface area contributed by atoms with Crippen molar-refractivity contribution in [3.8, 4) is 5.75 Å². The maximum atomic E-state index is 12.0. The van der Waals surface area contributed by atoms with Crippen LogP contribution < -0.4 is 15.4 Å². The molecule has 2 aromatic rings. The van der Waals surface area contributed by atoms with E-state index in [0.717, 1.165) is 10.0 Å². The van der Waals surface area contributed by atoms with Gasteiger partial charge in [0, 0.05) is 23.2 Å². The summed E-state index contributed by atoms with van der Waals surface area (Å²) < 4.78 is 5.90. The fourth-order valence-electron chi connectivity index (χ4n) is 2.00. The number of hydrogen-bond acceptors (Lipinski definition) is 6. The van der Waals surface area contributed by atoms with Crippen LogP contribution in [0.25, 0.3) is 0 Å². The van der Waals surface area contributed by atoms with E-state index in [9.17, 15) is 9.59 Å². The van der Waals surface area contributed by atoms with Crippen LogP contribution in [0.1, 0.15) is 19.5 Å². The molecule has 8 heteroatoms. The zero-order valence-corrected chi connectivity index (χ0v) is 16.0. The van der Waals surface area contributed by atoms with Crippen LogP contribution in [-0.4, -0.2) is 35.7 Å². The molecule has 1 heterocycles. The molecule has 0 saturated carbocycles. The van der Waals surface area contributed by atoms with Gasteiger partial charge < -0.3 is 15.4 Å². The quantitative estimate of drug-likeness (QED) is 0.689. The molecule has 0 spiro atoms. The number of ether oxygens (including phenoxy) is 1. The number of thiazole rings is 1. The molecular weight excluding hydrogens is 358 g/mol. The van der Waals surface area contributed by atoms with Crippen LogP contribution in [0.5, 0.6) is 5.75 Å². The van der Waals surface area contributed by atoms with Gasteiger partial charge in [-0.3, -0.25) is 9.59 Å². The summed E-state index contributed by atoms with van der Waals surface area (Å²) in [7, 11) is 1.58. The van der Waals surface area contributed by atoms with Gasteiger partial charge in [-0.15, -0.1) is 11.3 Å². The van der Waals surface area contributed by atoms with Gasteiger partial charge in [0.2, 0.25) is 11.8 Å². The number of rotatable bonds is 8. The second-order valence-electron chi connectivity index (χ2n) is 5.57. The van der Waals surface area contributed by atoms with Crippen molar-refractivity contribution < 1.29 is 14.3 Å². The first-order valence-electron chi connectivity index (χ1n) is 7.76. The number of thioether (sulfide) groups is 1. The lowest BCUT2D eigenvalue weighted by Gasteiger charge is -2.06. The first-order chi connectivity index (χ1) is 12.0. The first-order valence-corrected chi connectivity index (χ1v) is 9.63. The highest BCUT2D eigenvalue weighted by Crippen LogP contribution is 2.23. The highest BCUT2D eigenvalue weighted by atomic mass is 32.2. The van der Waals surface area contributed by atoms with E-state index in [1.807, 2.05) is 31.4 Å². The van der Waals surface area contributed by atoms with Crippen LogP contribution in [-0.2, 0) is 16.0 Å². The summed E-state index contributed by atoms with van der Waals surface area (Å²) in [6.45, 7) is 3.84. The Morgan fingerprint density at radius 3 is 2.84 bits per heavy atom. The lowest BCUT2D eigenvalue weighted by Crippen LogP contribution is -2.31. The molecule has 0 aliphatic heterocycles. The summed E-state index contributed by atoms with van der Waals surface area (Å²) in [6, 6.07) is 7.31. The molecular formula is C17H21N3O3S2. The summed E-state index contributed by atoms with van der Waals surface area (Å²) in [6.07, 6.45) is 0.255. The number of benzene rings is 1. The van der Waals surface area contributed by atoms with Crippen LogP contribution in [0.3, 0.4) is 0 Å². The van der Waals surface area contributed by atoms with Gasteiger partial charge in [0.25, 0.3) is 0 Å². The van der Waals surface area contributed by atoms with Crippen LogP contribution in [0.4, 0.5) is 5.69 Å². The largest absolute Gasteiger partial charge is 0.497 e. The van der Waals surface area contributed by atoms with Gasteiger partial charge >= 0.3 is 0 Å². The number of nitrogens with one attached hydrogen (secondary N) is 2. The van der Waals surface area contributed by atoms with E-state index < -0.39 is 0 Å². The van der Waals surface area contributed by atoms with Crippen LogP contribution >= 0.6 is 23.1 Å².